The Labute approximate surface area is 189 Å². The van der Waals surface area contributed by atoms with Crippen LogP contribution < -0.4 is 10.6 Å². The summed E-state index contributed by atoms with van der Waals surface area (Å²) in [5, 5.41) is 26.1. The lowest BCUT2D eigenvalue weighted by molar-refractivity contribution is -0.00444. The number of rotatable bonds is 8. The van der Waals surface area contributed by atoms with Gasteiger partial charge in [-0.1, -0.05) is 11.6 Å². The van der Waals surface area contributed by atoms with Crippen LogP contribution in [0.15, 0.2) is 36.9 Å². The number of nitrogens with zero attached hydrogens (tertiary/aromatic N) is 5. The summed E-state index contributed by atoms with van der Waals surface area (Å²) < 4.78 is 16.4. The summed E-state index contributed by atoms with van der Waals surface area (Å²) in [6.07, 6.45) is 2.89. The summed E-state index contributed by atoms with van der Waals surface area (Å²) in [6, 6.07) is 2.98. The molecule has 0 unspecified atom stereocenters. The minimum absolute atomic E-state index is 0.190. The molecule has 0 saturated carbocycles. The monoisotopic (exact) mass is 464 g/mol. The molecule has 172 valence electrons. The number of aromatic nitrogens is 4. The molecule has 2 atom stereocenters. The largest absolute Gasteiger partial charge is 0.387 e. The molecule has 0 bridgehead atoms. The maximum atomic E-state index is 15.0. The Morgan fingerprint density at radius 2 is 1.94 bits per heavy atom. The van der Waals surface area contributed by atoms with Crippen molar-refractivity contribution in [3.63, 3.8) is 0 Å². The lowest BCUT2D eigenvalue weighted by Crippen LogP contribution is -2.54. The number of halogens is 2. The van der Waals surface area contributed by atoms with Crippen LogP contribution in [0.5, 0.6) is 0 Å². The highest BCUT2D eigenvalue weighted by Gasteiger charge is 2.41. The van der Waals surface area contributed by atoms with Crippen molar-refractivity contribution >= 4 is 29.0 Å². The first-order valence-corrected chi connectivity index (χ1v) is 10.3. The molecule has 0 fully saturated rings. The van der Waals surface area contributed by atoms with E-state index >= 15 is 0 Å². The van der Waals surface area contributed by atoms with Gasteiger partial charge in [0.15, 0.2) is 5.65 Å². The second kappa shape index (κ2) is 8.61. The minimum Gasteiger partial charge on any atom is -0.387 e. The first-order valence-electron chi connectivity index (χ1n) is 9.89. The van der Waals surface area contributed by atoms with Crippen molar-refractivity contribution in [2.24, 2.45) is 5.73 Å². The Morgan fingerprint density at radius 1 is 1.25 bits per heavy atom. The Morgan fingerprint density at radius 3 is 2.50 bits per heavy atom. The van der Waals surface area contributed by atoms with Crippen LogP contribution in [-0.4, -0.2) is 59.6 Å². The zero-order valence-electron chi connectivity index (χ0n) is 18.2. The molecule has 0 spiro atoms. The molecule has 3 aromatic heterocycles. The molecule has 11 heteroatoms. The highest BCUT2D eigenvalue weighted by Crippen LogP contribution is 2.36. The number of primary amides is 1. The van der Waals surface area contributed by atoms with Crippen LogP contribution >= 0.6 is 11.6 Å². The lowest BCUT2D eigenvalue weighted by Gasteiger charge is -2.44. The summed E-state index contributed by atoms with van der Waals surface area (Å²) in [6.45, 7) is 5.86. The molecule has 0 saturated heterocycles. The fourth-order valence-corrected chi connectivity index (χ4v) is 3.43. The number of alkyl halides is 1. The first-order chi connectivity index (χ1) is 14.8. The van der Waals surface area contributed by atoms with E-state index in [1.165, 1.54) is 54.0 Å². The molecule has 3 heterocycles. The normalized spacial score (nSPS) is 14.4. The second-order valence-corrected chi connectivity index (χ2v) is 9.13. The van der Waals surface area contributed by atoms with Gasteiger partial charge in [-0.15, -0.1) is 0 Å². The van der Waals surface area contributed by atoms with E-state index in [-0.39, 0.29) is 12.1 Å². The van der Waals surface area contributed by atoms with E-state index in [0.717, 1.165) is 0 Å². The predicted molar refractivity (Wildman–Crippen MR) is 118 cm³/mol. The summed E-state index contributed by atoms with van der Waals surface area (Å²) in [7, 11) is 0. The molecule has 4 N–H and O–H groups in total. The van der Waals surface area contributed by atoms with Gasteiger partial charge in [0.1, 0.15) is 18.1 Å². The van der Waals surface area contributed by atoms with Crippen molar-refractivity contribution in [1.82, 2.24) is 19.6 Å². The fourth-order valence-electron chi connectivity index (χ4n) is 3.29. The zero-order chi connectivity index (χ0) is 23.8. The summed E-state index contributed by atoms with van der Waals surface area (Å²) >= 11 is 5.96. The summed E-state index contributed by atoms with van der Waals surface area (Å²) in [5.74, 6) is -0.357. The molecule has 0 radical (unpaired) electrons. The van der Waals surface area contributed by atoms with Gasteiger partial charge in [0.2, 0.25) is 5.91 Å². The Balaban J connectivity index is 2.05. The van der Waals surface area contributed by atoms with Crippen molar-refractivity contribution in [3.05, 3.63) is 53.1 Å². The number of carbonyl (C=O) groups is 1. The van der Waals surface area contributed by atoms with Crippen molar-refractivity contribution in [3.8, 4) is 0 Å². The molecule has 0 aliphatic rings. The van der Waals surface area contributed by atoms with Gasteiger partial charge in [-0.25, -0.2) is 18.9 Å². The average molecular weight is 465 g/mol. The van der Waals surface area contributed by atoms with Gasteiger partial charge >= 0.3 is 0 Å². The first kappa shape index (κ1) is 23.8. The number of fused-ring (bicyclic) bond motifs is 1. The Hall–Kier alpha value is -2.82. The molecule has 3 rings (SSSR count). The van der Waals surface area contributed by atoms with Crippen molar-refractivity contribution < 1.29 is 19.4 Å². The van der Waals surface area contributed by atoms with Gasteiger partial charge in [0, 0.05) is 18.0 Å². The van der Waals surface area contributed by atoms with Crippen LogP contribution in [0.1, 0.15) is 49.7 Å². The second-order valence-electron chi connectivity index (χ2n) is 8.70. The van der Waals surface area contributed by atoms with Gasteiger partial charge in [-0.2, -0.15) is 5.10 Å². The number of aliphatic hydroxyl groups is 2. The van der Waals surface area contributed by atoms with Crippen molar-refractivity contribution in [1.29, 1.82) is 0 Å². The molecule has 0 aromatic carbocycles. The van der Waals surface area contributed by atoms with Crippen LogP contribution in [0.2, 0.25) is 5.02 Å². The van der Waals surface area contributed by atoms with Crippen LogP contribution in [-0.2, 0) is 0 Å². The molecule has 1 amide bonds. The van der Waals surface area contributed by atoms with E-state index < -0.39 is 29.3 Å². The smallest absolute Gasteiger partial charge is 0.250 e. The molecular weight excluding hydrogens is 439 g/mol. The fraction of sp³-hybridized carbons (Fsp3) is 0.429. The average Bonchev–Trinajstić information content (AvgIpc) is 3.13. The Kier molecular flexibility index (Phi) is 6.41. The van der Waals surface area contributed by atoms with E-state index in [1.807, 2.05) is 0 Å². The van der Waals surface area contributed by atoms with Crippen molar-refractivity contribution in [2.45, 2.75) is 51.1 Å². The molecule has 3 aromatic rings. The number of pyridine rings is 1. The van der Waals surface area contributed by atoms with Gasteiger partial charge in [-0.05, 0) is 39.8 Å². The van der Waals surface area contributed by atoms with E-state index in [1.54, 1.807) is 20.0 Å². The lowest BCUT2D eigenvalue weighted by atomic mass is 9.89. The van der Waals surface area contributed by atoms with Crippen LogP contribution in [0, 0.1) is 0 Å². The summed E-state index contributed by atoms with van der Waals surface area (Å²) in [5.41, 5.74) is 3.51. The SMILES string of the molecule is CC(C)(O)[C@H](F)CN(c1ccc(C(N)=O)cn1)C(C)(C)[C@H](O)c1cnn2cc(Cl)cnc12. The van der Waals surface area contributed by atoms with E-state index in [9.17, 15) is 19.4 Å². The zero-order valence-corrected chi connectivity index (χ0v) is 19.0. The third-order valence-corrected chi connectivity index (χ3v) is 5.63. The Bertz CT molecular complexity index is 1110. The number of carbonyl (C=O) groups excluding carboxylic acids is 1. The number of nitrogens with two attached hydrogens (primary N) is 1. The molecule has 0 aliphatic carbocycles. The third-order valence-electron chi connectivity index (χ3n) is 5.43. The maximum Gasteiger partial charge on any atom is 0.250 e. The molecule has 0 aliphatic heterocycles. The van der Waals surface area contributed by atoms with E-state index in [4.69, 9.17) is 17.3 Å². The number of amides is 1. The quantitative estimate of drug-likeness (QED) is 0.466. The highest BCUT2D eigenvalue weighted by molar-refractivity contribution is 6.30. The van der Waals surface area contributed by atoms with Crippen molar-refractivity contribution in [2.75, 3.05) is 11.4 Å². The molecular formula is C21H26ClFN6O3. The maximum absolute atomic E-state index is 15.0. The van der Waals surface area contributed by atoms with E-state index in [2.05, 4.69) is 15.1 Å². The van der Waals surface area contributed by atoms with Gasteiger partial charge in [-0.3, -0.25) is 4.79 Å². The number of hydrogen-bond acceptors (Lipinski definition) is 7. The van der Waals surface area contributed by atoms with Crippen LogP contribution in [0.3, 0.4) is 0 Å². The van der Waals surface area contributed by atoms with Crippen LogP contribution in [0.25, 0.3) is 5.65 Å². The number of aliphatic hydroxyl groups excluding tert-OH is 1. The van der Waals surface area contributed by atoms with Gasteiger partial charge < -0.3 is 20.8 Å². The minimum atomic E-state index is -1.67. The third kappa shape index (κ3) is 4.67. The topological polar surface area (TPSA) is 130 Å². The number of hydrogen-bond donors (Lipinski definition) is 3. The van der Waals surface area contributed by atoms with Crippen LogP contribution in [0.4, 0.5) is 10.2 Å². The number of anilines is 1. The van der Waals surface area contributed by atoms with Gasteiger partial charge in [0.25, 0.3) is 0 Å². The highest BCUT2D eigenvalue weighted by atomic mass is 35.5. The molecule has 32 heavy (non-hydrogen) atoms. The predicted octanol–water partition coefficient (Wildman–Crippen LogP) is 2.30. The summed E-state index contributed by atoms with van der Waals surface area (Å²) in [4.78, 5) is 21.4. The van der Waals surface area contributed by atoms with Gasteiger partial charge in [0.05, 0.1) is 40.7 Å². The molecule has 9 nitrogen and oxygen atoms in total. The van der Waals surface area contributed by atoms with E-state index in [0.29, 0.717) is 22.1 Å². The standard InChI is InChI=1S/C21H26ClFN6O3/c1-20(2,17(30)14-9-27-29-10-13(22)8-26-19(14)29)28(11-15(23)21(3,4)32)16-6-5-12(7-25-16)18(24)31/h5-10,15,17,30,32H,11H2,1-4H3,(H2,24,31)/t15-,17-/m1/s1.